The van der Waals surface area contributed by atoms with Gasteiger partial charge >= 0.3 is 0 Å². The number of nitrogens with one attached hydrogen (secondary N) is 3. The fourth-order valence-electron chi connectivity index (χ4n) is 2.65. The molecule has 23 heavy (non-hydrogen) atoms. The van der Waals surface area contributed by atoms with E-state index in [0.29, 0.717) is 17.9 Å². The Bertz CT molecular complexity index is 943. The molecule has 0 unspecified atom stereocenters. The minimum absolute atomic E-state index is 0.334. The second-order valence-corrected chi connectivity index (χ2v) is 5.24. The number of fused-ring (bicyclic) bond motifs is 1. The van der Waals surface area contributed by atoms with Crippen LogP contribution in [0.15, 0.2) is 55.0 Å². The van der Waals surface area contributed by atoms with Crippen molar-refractivity contribution in [1.82, 2.24) is 20.2 Å². The van der Waals surface area contributed by atoms with E-state index < -0.39 is 0 Å². The van der Waals surface area contributed by atoms with Crippen molar-refractivity contribution in [3.05, 3.63) is 66.4 Å². The van der Waals surface area contributed by atoms with Gasteiger partial charge < -0.3 is 10.3 Å². The van der Waals surface area contributed by atoms with Crippen LogP contribution in [0, 0.1) is 5.82 Å². The quantitative estimate of drug-likeness (QED) is 0.538. The first-order valence-electron chi connectivity index (χ1n) is 7.25. The molecule has 0 spiro atoms. The molecule has 0 amide bonds. The molecule has 2 heterocycles. The molecule has 0 aliphatic rings. The zero-order chi connectivity index (χ0) is 15.6. The van der Waals surface area contributed by atoms with Crippen LogP contribution in [0.3, 0.4) is 0 Å². The van der Waals surface area contributed by atoms with Crippen molar-refractivity contribution >= 4 is 16.6 Å². The topological polar surface area (TPSA) is 69.4 Å². The van der Waals surface area contributed by atoms with E-state index in [1.54, 1.807) is 12.1 Å². The third-order valence-electron chi connectivity index (χ3n) is 3.79. The van der Waals surface area contributed by atoms with Crippen molar-refractivity contribution in [3.63, 3.8) is 0 Å². The molecule has 0 aliphatic carbocycles. The number of hydrogen-bond donors (Lipinski definition) is 3. The highest BCUT2D eigenvalue weighted by molar-refractivity contribution is 5.82. The van der Waals surface area contributed by atoms with Gasteiger partial charge in [0, 0.05) is 18.4 Å². The van der Waals surface area contributed by atoms with Crippen LogP contribution >= 0.6 is 0 Å². The lowest BCUT2D eigenvalue weighted by molar-refractivity contribution is 0.630. The van der Waals surface area contributed by atoms with Crippen LogP contribution in [0.25, 0.3) is 22.3 Å². The van der Waals surface area contributed by atoms with Gasteiger partial charge in [-0.2, -0.15) is 5.10 Å². The number of aromatic nitrogens is 4. The standard InChI is InChI=1S/C17H14FN5/c18-15-5-4-13(8-14(15)17-21-10-22-23-17)20-9-12-3-1-2-11-6-7-19-16(11)12/h1-8,10,19-20H,9H2,(H,21,22,23). The van der Waals surface area contributed by atoms with Crippen molar-refractivity contribution in [2.24, 2.45) is 0 Å². The van der Waals surface area contributed by atoms with Crippen LogP contribution in [0.4, 0.5) is 10.1 Å². The lowest BCUT2D eigenvalue weighted by Crippen LogP contribution is -2.01. The molecule has 5 nitrogen and oxygen atoms in total. The molecule has 0 bridgehead atoms. The average molecular weight is 307 g/mol. The summed E-state index contributed by atoms with van der Waals surface area (Å²) in [5.41, 5.74) is 3.47. The van der Waals surface area contributed by atoms with E-state index >= 15 is 0 Å². The van der Waals surface area contributed by atoms with E-state index in [9.17, 15) is 4.39 Å². The summed E-state index contributed by atoms with van der Waals surface area (Å²) in [4.78, 5) is 7.25. The first-order valence-corrected chi connectivity index (χ1v) is 7.25. The molecule has 0 saturated carbocycles. The van der Waals surface area contributed by atoms with Crippen LogP contribution < -0.4 is 5.32 Å². The Morgan fingerprint density at radius 3 is 2.96 bits per heavy atom. The van der Waals surface area contributed by atoms with Crippen molar-refractivity contribution in [1.29, 1.82) is 0 Å². The SMILES string of the molecule is Fc1ccc(NCc2cccc3cc[nH]c23)cc1-c1ncn[nH]1. The zero-order valence-corrected chi connectivity index (χ0v) is 12.2. The number of H-pyrrole nitrogens is 2. The second-order valence-electron chi connectivity index (χ2n) is 5.24. The summed E-state index contributed by atoms with van der Waals surface area (Å²) in [6.45, 7) is 0.638. The highest BCUT2D eigenvalue weighted by Gasteiger charge is 2.09. The molecule has 114 valence electrons. The molecule has 0 radical (unpaired) electrons. The minimum Gasteiger partial charge on any atom is -0.381 e. The molecular formula is C17H14FN5. The van der Waals surface area contributed by atoms with Gasteiger partial charge in [-0.05, 0) is 35.2 Å². The van der Waals surface area contributed by atoms with Gasteiger partial charge in [0.15, 0.2) is 5.82 Å². The number of nitrogens with zero attached hydrogens (tertiary/aromatic N) is 2. The molecule has 0 fully saturated rings. The number of halogens is 1. The lowest BCUT2D eigenvalue weighted by Gasteiger charge is -2.09. The van der Waals surface area contributed by atoms with Crippen molar-refractivity contribution in [3.8, 4) is 11.4 Å². The summed E-state index contributed by atoms with van der Waals surface area (Å²) >= 11 is 0. The van der Waals surface area contributed by atoms with Crippen LogP contribution in [-0.4, -0.2) is 20.2 Å². The summed E-state index contributed by atoms with van der Waals surface area (Å²) < 4.78 is 13.9. The highest BCUT2D eigenvalue weighted by Crippen LogP contribution is 2.24. The largest absolute Gasteiger partial charge is 0.381 e. The third-order valence-corrected chi connectivity index (χ3v) is 3.79. The number of para-hydroxylation sites is 1. The van der Waals surface area contributed by atoms with E-state index in [-0.39, 0.29) is 5.82 Å². The molecular weight excluding hydrogens is 293 g/mol. The summed E-state index contributed by atoms with van der Waals surface area (Å²) in [5.74, 6) is 0.0800. The molecule has 2 aromatic carbocycles. The van der Waals surface area contributed by atoms with Gasteiger partial charge in [-0.3, -0.25) is 5.10 Å². The van der Waals surface area contributed by atoms with Gasteiger partial charge in [-0.1, -0.05) is 18.2 Å². The fourth-order valence-corrected chi connectivity index (χ4v) is 2.65. The van der Waals surface area contributed by atoms with Gasteiger partial charge in [0.2, 0.25) is 0 Å². The van der Waals surface area contributed by atoms with Gasteiger partial charge in [0.05, 0.1) is 11.1 Å². The number of anilines is 1. The molecule has 2 aromatic heterocycles. The Morgan fingerprint density at radius 1 is 1.13 bits per heavy atom. The van der Waals surface area contributed by atoms with E-state index in [2.05, 4.69) is 37.6 Å². The fraction of sp³-hybridized carbons (Fsp3) is 0.0588. The summed E-state index contributed by atoms with van der Waals surface area (Å²) in [6.07, 6.45) is 3.29. The van der Waals surface area contributed by atoms with Crippen LogP contribution in [-0.2, 0) is 6.54 Å². The zero-order valence-electron chi connectivity index (χ0n) is 12.2. The summed E-state index contributed by atoms with van der Waals surface area (Å²) in [7, 11) is 0. The molecule has 0 saturated heterocycles. The minimum atomic E-state index is -0.334. The predicted octanol–water partition coefficient (Wildman–Crippen LogP) is 3.70. The molecule has 3 N–H and O–H groups in total. The van der Waals surface area contributed by atoms with E-state index in [1.807, 2.05) is 18.3 Å². The van der Waals surface area contributed by atoms with Gasteiger partial charge in [-0.25, -0.2) is 9.37 Å². The van der Waals surface area contributed by atoms with E-state index in [0.717, 1.165) is 16.8 Å². The Labute approximate surface area is 131 Å². The number of hydrogen-bond acceptors (Lipinski definition) is 3. The maximum atomic E-state index is 13.9. The van der Waals surface area contributed by atoms with Crippen LogP contribution in [0.1, 0.15) is 5.56 Å². The second kappa shape index (κ2) is 5.57. The van der Waals surface area contributed by atoms with Crippen molar-refractivity contribution in [2.75, 3.05) is 5.32 Å². The van der Waals surface area contributed by atoms with Gasteiger partial charge in [0.25, 0.3) is 0 Å². The number of rotatable bonds is 4. The molecule has 0 aliphatic heterocycles. The highest BCUT2D eigenvalue weighted by atomic mass is 19.1. The Kier molecular flexibility index (Phi) is 3.27. The van der Waals surface area contributed by atoms with Gasteiger partial charge in [-0.15, -0.1) is 0 Å². The normalized spacial score (nSPS) is 11.0. The van der Waals surface area contributed by atoms with Crippen LogP contribution in [0.5, 0.6) is 0 Å². The predicted molar refractivity (Wildman–Crippen MR) is 87.4 cm³/mol. The molecule has 0 atom stereocenters. The first kappa shape index (κ1) is 13.5. The Hall–Kier alpha value is -3.15. The smallest absolute Gasteiger partial charge is 0.158 e. The molecule has 6 heteroatoms. The monoisotopic (exact) mass is 307 g/mol. The van der Waals surface area contributed by atoms with Gasteiger partial charge in [0.1, 0.15) is 12.1 Å². The lowest BCUT2D eigenvalue weighted by atomic mass is 10.1. The van der Waals surface area contributed by atoms with Crippen molar-refractivity contribution in [2.45, 2.75) is 6.54 Å². The van der Waals surface area contributed by atoms with E-state index in [4.69, 9.17) is 0 Å². The maximum Gasteiger partial charge on any atom is 0.158 e. The Morgan fingerprint density at radius 2 is 2.09 bits per heavy atom. The maximum absolute atomic E-state index is 13.9. The van der Waals surface area contributed by atoms with Crippen LogP contribution in [0.2, 0.25) is 0 Å². The molecule has 4 rings (SSSR count). The number of benzene rings is 2. The van der Waals surface area contributed by atoms with E-state index in [1.165, 1.54) is 17.8 Å². The third kappa shape index (κ3) is 2.55. The first-order chi connectivity index (χ1) is 11.3. The molecule has 4 aromatic rings. The number of aromatic amines is 2. The van der Waals surface area contributed by atoms with Crippen molar-refractivity contribution < 1.29 is 4.39 Å². The average Bonchev–Trinajstić information content (AvgIpc) is 3.25. The summed E-state index contributed by atoms with van der Waals surface area (Å²) in [6, 6.07) is 13.1. The summed E-state index contributed by atoms with van der Waals surface area (Å²) in [5, 5.41) is 10.9. The Balaban J connectivity index is 1.60.